The molecule has 0 aliphatic carbocycles. The molecule has 0 aromatic carbocycles. The lowest BCUT2D eigenvalue weighted by molar-refractivity contribution is -0.0389. The summed E-state index contributed by atoms with van der Waals surface area (Å²) < 4.78 is 8.04. The normalized spacial score (nSPS) is 22.9. The number of aromatic nitrogens is 3. The van der Waals surface area contributed by atoms with Gasteiger partial charge in [0.1, 0.15) is 5.69 Å². The lowest BCUT2D eigenvalue weighted by Gasteiger charge is -2.38. The number of hydrogen-bond donors (Lipinski definition) is 0. The molecule has 2 aliphatic heterocycles. The molecule has 126 valence electrons. The zero-order valence-electron chi connectivity index (χ0n) is 13.9. The topological polar surface area (TPSA) is 60.2 Å². The third-order valence-corrected chi connectivity index (χ3v) is 5.25. The molecule has 2 saturated heterocycles. The lowest BCUT2D eigenvalue weighted by Crippen LogP contribution is -2.46. The number of rotatable bonds is 2. The highest BCUT2D eigenvalue weighted by Crippen LogP contribution is 2.42. The van der Waals surface area contributed by atoms with Crippen molar-refractivity contribution in [3.8, 4) is 0 Å². The van der Waals surface area contributed by atoms with Crippen LogP contribution >= 0.6 is 0 Å². The highest BCUT2D eigenvalue weighted by Gasteiger charge is 2.44. The van der Waals surface area contributed by atoms with Crippen LogP contribution in [-0.2, 0) is 11.8 Å². The molecule has 1 unspecified atom stereocenters. The van der Waals surface area contributed by atoms with E-state index in [0.29, 0.717) is 11.6 Å². The van der Waals surface area contributed by atoms with Gasteiger partial charge in [-0.1, -0.05) is 6.07 Å². The van der Waals surface area contributed by atoms with Crippen LogP contribution in [0.3, 0.4) is 0 Å². The summed E-state index contributed by atoms with van der Waals surface area (Å²) >= 11 is 0. The van der Waals surface area contributed by atoms with Gasteiger partial charge in [-0.3, -0.25) is 14.5 Å². The molecule has 1 amide bonds. The van der Waals surface area contributed by atoms with Gasteiger partial charge in [-0.05, 0) is 37.0 Å². The summed E-state index contributed by atoms with van der Waals surface area (Å²) in [5.41, 5.74) is 1.69. The average molecular weight is 326 g/mol. The first kappa shape index (κ1) is 15.3. The van der Waals surface area contributed by atoms with Crippen LogP contribution in [0.4, 0.5) is 0 Å². The van der Waals surface area contributed by atoms with Gasteiger partial charge in [-0.15, -0.1) is 0 Å². The van der Waals surface area contributed by atoms with Gasteiger partial charge < -0.3 is 9.64 Å². The fourth-order valence-corrected chi connectivity index (χ4v) is 3.83. The summed E-state index contributed by atoms with van der Waals surface area (Å²) in [7, 11) is 1.94. The summed E-state index contributed by atoms with van der Waals surface area (Å²) in [6, 6.07) is 5.45. The fraction of sp³-hybridized carbons (Fsp3) is 0.500. The van der Waals surface area contributed by atoms with E-state index in [2.05, 4.69) is 16.3 Å². The first-order valence-electron chi connectivity index (χ1n) is 8.48. The van der Waals surface area contributed by atoms with Crippen LogP contribution in [0.15, 0.2) is 36.8 Å². The van der Waals surface area contributed by atoms with Crippen LogP contribution in [0.2, 0.25) is 0 Å². The van der Waals surface area contributed by atoms with E-state index >= 15 is 0 Å². The fourth-order valence-electron chi connectivity index (χ4n) is 3.83. The van der Waals surface area contributed by atoms with Crippen LogP contribution in [0, 0.1) is 0 Å². The standard InChI is InChI=1S/C18H22N4O2/c1-21-12-15(11-20-21)14-10-18(24-13-14)5-8-22(9-6-18)17(23)16-4-2-3-7-19-16/h2-4,7,11-12,14H,5-6,8-10,13H2,1H3. The van der Waals surface area contributed by atoms with Crippen molar-refractivity contribution in [2.24, 2.45) is 7.05 Å². The van der Waals surface area contributed by atoms with Crippen molar-refractivity contribution in [3.63, 3.8) is 0 Å². The van der Waals surface area contributed by atoms with Crippen molar-refractivity contribution in [1.29, 1.82) is 0 Å². The minimum Gasteiger partial charge on any atom is -0.374 e. The van der Waals surface area contributed by atoms with Crippen LogP contribution in [0.5, 0.6) is 0 Å². The van der Waals surface area contributed by atoms with Crippen LogP contribution in [0.25, 0.3) is 0 Å². The molecule has 1 atom stereocenters. The maximum atomic E-state index is 12.5. The van der Waals surface area contributed by atoms with Crippen LogP contribution < -0.4 is 0 Å². The summed E-state index contributed by atoms with van der Waals surface area (Å²) in [4.78, 5) is 18.6. The monoisotopic (exact) mass is 326 g/mol. The number of amides is 1. The quantitative estimate of drug-likeness (QED) is 0.847. The minimum absolute atomic E-state index is 0.0206. The van der Waals surface area contributed by atoms with E-state index in [0.717, 1.165) is 39.0 Å². The molecule has 24 heavy (non-hydrogen) atoms. The Morgan fingerprint density at radius 1 is 1.33 bits per heavy atom. The van der Waals surface area contributed by atoms with Crippen molar-refractivity contribution in [3.05, 3.63) is 48.0 Å². The largest absolute Gasteiger partial charge is 0.374 e. The Bertz CT molecular complexity index is 720. The molecule has 4 rings (SSSR count). The molecular formula is C18H22N4O2. The molecule has 4 heterocycles. The maximum Gasteiger partial charge on any atom is 0.272 e. The van der Waals surface area contributed by atoms with Gasteiger partial charge in [0, 0.05) is 38.4 Å². The molecule has 6 nitrogen and oxygen atoms in total. The van der Waals surface area contributed by atoms with Gasteiger partial charge in [0.15, 0.2) is 0 Å². The molecule has 2 aromatic heterocycles. The number of aryl methyl sites for hydroxylation is 1. The van der Waals surface area contributed by atoms with Gasteiger partial charge in [0.25, 0.3) is 5.91 Å². The van der Waals surface area contributed by atoms with E-state index < -0.39 is 0 Å². The molecule has 0 N–H and O–H groups in total. The molecule has 0 radical (unpaired) electrons. The second-order valence-corrected chi connectivity index (χ2v) is 6.85. The van der Waals surface area contributed by atoms with Crippen molar-refractivity contribution < 1.29 is 9.53 Å². The number of pyridine rings is 1. The zero-order valence-corrected chi connectivity index (χ0v) is 13.9. The number of carbonyl (C=O) groups is 1. The van der Waals surface area contributed by atoms with E-state index in [9.17, 15) is 4.79 Å². The number of piperidine rings is 1. The smallest absolute Gasteiger partial charge is 0.272 e. The maximum absolute atomic E-state index is 12.5. The van der Waals surface area contributed by atoms with Crippen molar-refractivity contribution in [1.82, 2.24) is 19.7 Å². The first-order valence-corrected chi connectivity index (χ1v) is 8.48. The predicted octanol–water partition coefficient (Wildman–Crippen LogP) is 1.99. The lowest BCUT2D eigenvalue weighted by atomic mass is 9.84. The van der Waals surface area contributed by atoms with Gasteiger partial charge in [-0.2, -0.15) is 5.10 Å². The van der Waals surface area contributed by atoms with Gasteiger partial charge in [-0.25, -0.2) is 0 Å². The molecular weight excluding hydrogens is 304 g/mol. The molecule has 2 fully saturated rings. The van der Waals surface area contributed by atoms with Gasteiger partial charge >= 0.3 is 0 Å². The SMILES string of the molecule is Cn1cc(C2COC3(CCN(C(=O)c4ccccn4)CC3)C2)cn1. The first-order chi connectivity index (χ1) is 11.7. The second-order valence-electron chi connectivity index (χ2n) is 6.85. The summed E-state index contributed by atoms with van der Waals surface area (Å²) in [5.74, 6) is 0.434. The molecule has 2 aliphatic rings. The van der Waals surface area contributed by atoms with Crippen molar-refractivity contribution in [2.45, 2.75) is 30.8 Å². The van der Waals surface area contributed by atoms with Gasteiger partial charge in [0.05, 0.1) is 18.4 Å². The summed E-state index contributed by atoms with van der Waals surface area (Å²) in [5, 5.41) is 4.26. The Hall–Kier alpha value is -2.21. The Labute approximate surface area is 141 Å². The zero-order chi connectivity index (χ0) is 16.6. The van der Waals surface area contributed by atoms with Crippen molar-refractivity contribution in [2.75, 3.05) is 19.7 Å². The minimum atomic E-state index is -0.0819. The van der Waals surface area contributed by atoms with E-state index in [-0.39, 0.29) is 11.5 Å². The number of nitrogens with zero attached hydrogens (tertiary/aromatic N) is 4. The van der Waals surface area contributed by atoms with E-state index in [1.165, 1.54) is 5.56 Å². The Balaban J connectivity index is 1.39. The third-order valence-electron chi connectivity index (χ3n) is 5.25. The van der Waals surface area contributed by atoms with Gasteiger partial charge in [0.2, 0.25) is 0 Å². The average Bonchev–Trinajstić information content (AvgIpc) is 3.23. The number of carbonyl (C=O) groups excluding carboxylic acids is 1. The molecule has 2 aromatic rings. The number of ether oxygens (including phenoxy) is 1. The van der Waals surface area contributed by atoms with E-state index in [1.807, 2.05) is 35.0 Å². The second kappa shape index (κ2) is 6.02. The Morgan fingerprint density at radius 2 is 2.17 bits per heavy atom. The van der Waals surface area contributed by atoms with Crippen LogP contribution in [0.1, 0.15) is 41.2 Å². The molecule has 0 bridgehead atoms. The Kier molecular flexibility index (Phi) is 3.84. The highest BCUT2D eigenvalue weighted by molar-refractivity contribution is 5.92. The van der Waals surface area contributed by atoms with Crippen molar-refractivity contribution >= 4 is 5.91 Å². The van der Waals surface area contributed by atoms with Crippen LogP contribution in [-0.4, -0.2) is 50.9 Å². The van der Waals surface area contributed by atoms with E-state index in [4.69, 9.17) is 4.74 Å². The third kappa shape index (κ3) is 2.82. The number of hydrogen-bond acceptors (Lipinski definition) is 4. The molecule has 1 spiro atoms. The summed E-state index contributed by atoms with van der Waals surface area (Å²) in [6.45, 7) is 2.21. The van der Waals surface area contributed by atoms with E-state index in [1.54, 1.807) is 12.3 Å². The number of likely N-dealkylation sites (tertiary alicyclic amines) is 1. The Morgan fingerprint density at radius 3 is 2.83 bits per heavy atom. The summed E-state index contributed by atoms with van der Waals surface area (Å²) in [6.07, 6.45) is 8.48. The molecule has 0 saturated carbocycles. The molecule has 6 heteroatoms. The highest BCUT2D eigenvalue weighted by atomic mass is 16.5. The predicted molar refractivity (Wildman–Crippen MR) is 88.6 cm³/mol.